The summed E-state index contributed by atoms with van der Waals surface area (Å²) < 4.78 is 30.8. The Hall–Kier alpha value is -1.93. The standard InChI is InChI=1S/C13H11F2NO2/c14-11-2-1-10(9-12(11)15)13(17)3-4-16-5-7-18-8-6-16/h1-2,9H,5-8H2. The zero-order valence-corrected chi connectivity index (χ0v) is 9.58. The summed E-state index contributed by atoms with van der Waals surface area (Å²) in [4.78, 5) is 13.4. The Kier molecular flexibility index (Phi) is 3.90. The summed E-state index contributed by atoms with van der Waals surface area (Å²) in [6, 6.07) is 5.68. The third-order valence-electron chi connectivity index (χ3n) is 2.52. The number of benzene rings is 1. The van der Waals surface area contributed by atoms with Crippen LogP contribution >= 0.6 is 0 Å². The van der Waals surface area contributed by atoms with Crippen LogP contribution < -0.4 is 0 Å². The van der Waals surface area contributed by atoms with Crippen LogP contribution in [-0.2, 0) is 4.74 Å². The van der Waals surface area contributed by atoms with Gasteiger partial charge in [0.25, 0.3) is 0 Å². The van der Waals surface area contributed by atoms with Crippen molar-refractivity contribution in [2.24, 2.45) is 0 Å². The van der Waals surface area contributed by atoms with Gasteiger partial charge in [0.2, 0.25) is 5.78 Å². The van der Waals surface area contributed by atoms with E-state index in [-0.39, 0.29) is 5.56 Å². The lowest BCUT2D eigenvalue weighted by Gasteiger charge is -2.22. The molecule has 0 radical (unpaired) electrons. The molecule has 1 saturated heterocycles. The number of Topliss-reactive ketones (excluding diaryl/α,β-unsaturated/α-hetero) is 1. The molecule has 0 unspecified atom stereocenters. The maximum atomic E-state index is 12.9. The summed E-state index contributed by atoms with van der Waals surface area (Å²) in [5.74, 6) is -0.146. The summed E-state index contributed by atoms with van der Waals surface area (Å²) in [5.41, 5.74) is 0.0506. The molecular formula is C13H11F2NO2. The van der Waals surface area contributed by atoms with Gasteiger partial charge in [0.15, 0.2) is 11.6 Å². The van der Waals surface area contributed by atoms with Crippen molar-refractivity contribution in [3.63, 3.8) is 0 Å². The molecule has 1 aliphatic rings. The number of halogens is 2. The van der Waals surface area contributed by atoms with Gasteiger partial charge in [-0.1, -0.05) is 0 Å². The summed E-state index contributed by atoms with van der Waals surface area (Å²) in [6.45, 7) is 2.43. The third-order valence-corrected chi connectivity index (χ3v) is 2.52. The van der Waals surface area contributed by atoms with E-state index < -0.39 is 17.4 Å². The lowest BCUT2D eigenvalue weighted by Crippen LogP contribution is -2.32. The van der Waals surface area contributed by atoms with Gasteiger partial charge in [-0.25, -0.2) is 8.78 Å². The largest absolute Gasteiger partial charge is 0.378 e. The minimum absolute atomic E-state index is 0.0506. The molecule has 0 saturated carbocycles. The molecule has 1 aliphatic heterocycles. The number of nitrogens with zero attached hydrogens (tertiary/aromatic N) is 1. The van der Waals surface area contributed by atoms with E-state index >= 15 is 0 Å². The fourth-order valence-corrected chi connectivity index (χ4v) is 1.51. The lowest BCUT2D eigenvalue weighted by molar-refractivity contribution is 0.0637. The van der Waals surface area contributed by atoms with E-state index in [0.717, 1.165) is 12.1 Å². The number of carbonyl (C=O) groups excluding carboxylic acids is 1. The van der Waals surface area contributed by atoms with Crippen molar-refractivity contribution in [2.75, 3.05) is 26.3 Å². The van der Waals surface area contributed by atoms with Crippen molar-refractivity contribution in [3.8, 4) is 12.0 Å². The first-order chi connectivity index (χ1) is 8.66. The molecule has 0 amide bonds. The van der Waals surface area contributed by atoms with Gasteiger partial charge < -0.3 is 9.64 Å². The van der Waals surface area contributed by atoms with Crippen LogP contribution in [0.2, 0.25) is 0 Å². The van der Waals surface area contributed by atoms with E-state index in [1.807, 2.05) is 0 Å². The van der Waals surface area contributed by atoms with Crippen molar-refractivity contribution in [2.45, 2.75) is 0 Å². The fraction of sp³-hybridized carbons (Fsp3) is 0.308. The zero-order chi connectivity index (χ0) is 13.0. The molecule has 1 heterocycles. The molecule has 2 rings (SSSR count). The number of hydrogen-bond donors (Lipinski definition) is 0. The molecule has 0 bridgehead atoms. The molecule has 5 heteroatoms. The molecule has 0 atom stereocenters. The molecule has 0 aromatic heterocycles. The van der Waals surface area contributed by atoms with Crippen molar-refractivity contribution in [1.29, 1.82) is 0 Å². The first-order valence-electron chi connectivity index (χ1n) is 5.50. The maximum absolute atomic E-state index is 12.9. The Labute approximate surface area is 103 Å². The Balaban J connectivity index is 2.07. The van der Waals surface area contributed by atoms with E-state index in [0.29, 0.717) is 26.3 Å². The summed E-state index contributed by atoms with van der Waals surface area (Å²) in [6.07, 6.45) is 0. The van der Waals surface area contributed by atoms with Crippen molar-refractivity contribution < 1.29 is 18.3 Å². The molecule has 0 spiro atoms. The highest BCUT2D eigenvalue weighted by Crippen LogP contribution is 2.09. The van der Waals surface area contributed by atoms with Crippen LogP contribution in [0.25, 0.3) is 0 Å². The second-order valence-electron chi connectivity index (χ2n) is 3.79. The molecule has 1 fully saturated rings. The topological polar surface area (TPSA) is 29.5 Å². The summed E-state index contributed by atoms with van der Waals surface area (Å²) in [5, 5.41) is 0. The normalized spacial score (nSPS) is 14.9. The number of morpholine rings is 1. The van der Waals surface area contributed by atoms with Crippen LogP contribution in [0.4, 0.5) is 8.78 Å². The highest BCUT2D eigenvalue weighted by Gasteiger charge is 2.09. The van der Waals surface area contributed by atoms with E-state index in [2.05, 4.69) is 12.0 Å². The van der Waals surface area contributed by atoms with E-state index in [4.69, 9.17) is 4.74 Å². The second-order valence-corrected chi connectivity index (χ2v) is 3.79. The summed E-state index contributed by atoms with van der Waals surface area (Å²) in [7, 11) is 0. The monoisotopic (exact) mass is 251 g/mol. The number of rotatable bonds is 1. The first-order valence-corrected chi connectivity index (χ1v) is 5.50. The van der Waals surface area contributed by atoms with Gasteiger partial charge in [0.05, 0.1) is 13.2 Å². The van der Waals surface area contributed by atoms with E-state index in [9.17, 15) is 13.6 Å². The molecule has 0 aliphatic carbocycles. The van der Waals surface area contributed by atoms with Crippen LogP contribution in [0.5, 0.6) is 0 Å². The summed E-state index contributed by atoms with van der Waals surface area (Å²) >= 11 is 0. The lowest BCUT2D eigenvalue weighted by atomic mass is 10.1. The predicted molar refractivity (Wildman–Crippen MR) is 60.9 cm³/mol. The van der Waals surface area contributed by atoms with Crippen LogP contribution in [0.15, 0.2) is 18.2 Å². The van der Waals surface area contributed by atoms with Gasteiger partial charge in [0.1, 0.15) is 0 Å². The van der Waals surface area contributed by atoms with Crippen LogP contribution in [0, 0.1) is 23.6 Å². The number of carbonyl (C=O) groups is 1. The zero-order valence-electron chi connectivity index (χ0n) is 9.58. The van der Waals surface area contributed by atoms with Gasteiger partial charge >= 0.3 is 0 Å². The predicted octanol–water partition coefficient (Wildman–Crippen LogP) is 1.44. The van der Waals surface area contributed by atoms with Gasteiger partial charge in [-0.05, 0) is 24.1 Å². The molecular weight excluding hydrogens is 240 g/mol. The Morgan fingerprint density at radius 2 is 1.94 bits per heavy atom. The number of ether oxygens (including phenoxy) is 1. The maximum Gasteiger partial charge on any atom is 0.237 e. The third kappa shape index (κ3) is 3.05. The number of hydrogen-bond acceptors (Lipinski definition) is 3. The van der Waals surface area contributed by atoms with E-state index in [1.54, 1.807) is 4.90 Å². The highest BCUT2D eigenvalue weighted by atomic mass is 19.2. The number of ketones is 1. The van der Waals surface area contributed by atoms with Gasteiger partial charge in [-0.2, -0.15) is 0 Å². The minimum Gasteiger partial charge on any atom is -0.378 e. The first kappa shape index (κ1) is 12.5. The Morgan fingerprint density at radius 3 is 2.61 bits per heavy atom. The van der Waals surface area contributed by atoms with E-state index in [1.165, 1.54) is 6.07 Å². The SMILES string of the molecule is O=C(C#CN1CCOCC1)c1ccc(F)c(F)c1. The average molecular weight is 251 g/mol. The molecule has 1 aromatic carbocycles. The van der Waals surface area contributed by atoms with Crippen molar-refractivity contribution in [3.05, 3.63) is 35.4 Å². The van der Waals surface area contributed by atoms with Gasteiger partial charge in [-0.15, -0.1) is 0 Å². The van der Waals surface area contributed by atoms with Crippen LogP contribution in [0.3, 0.4) is 0 Å². The van der Waals surface area contributed by atoms with Crippen LogP contribution in [-0.4, -0.2) is 37.0 Å². The van der Waals surface area contributed by atoms with Gasteiger partial charge in [-0.3, -0.25) is 4.79 Å². The highest BCUT2D eigenvalue weighted by molar-refractivity contribution is 6.08. The molecule has 18 heavy (non-hydrogen) atoms. The van der Waals surface area contributed by atoms with Crippen LogP contribution in [0.1, 0.15) is 10.4 Å². The molecule has 0 N–H and O–H groups in total. The second kappa shape index (κ2) is 5.61. The Morgan fingerprint density at radius 1 is 1.22 bits per heavy atom. The Bertz CT molecular complexity index is 513. The minimum atomic E-state index is -1.05. The van der Waals surface area contributed by atoms with Crippen molar-refractivity contribution in [1.82, 2.24) is 4.90 Å². The smallest absolute Gasteiger partial charge is 0.237 e. The molecule has 94 valence electrons. The molecule has 1 aromatic rings. The van der Waals surface area contributed by atoms with Crippen molar-refractivity contribution >= 4 is 5.78 Å². The quantitative estimate of drug-likeness (QED) is 0.558. The van der Waals surface area contributed by atoms with Gasteiger partial charge in [0, 0.05) is 24.7 Å². The average Bonchev–Trinajstić information content (AvgIpc) is 2.40. The molecule has 3 nitrogen and oxygen atoms in total. The fourth-order valence-electron chi connectivity index (χ4n) is 1.51.